The van der Waals surface area contributed by atoms with Gasteiger partial charge in [0.2, 0.25) is 0 Å². The highest BCUT2D eigenvalue weighted by Crippen LogP contribution is 2.36. The van der Waals surface area contributed by atoms with Crippen molar-refractivity contribution in [2.75, 3.05) is 24.9 Å². The molecule has 0 aliphatic rings. The minimum atomic E-state index is -0.730. The zero-order chi connectivity index (χ0) is 32.3. The van der Waals surface area contributed by atoms with E-state index in [-0.39, 0.29) is 5.91 Å². The van der Waals surface area contributed by atoms with E-state index >= 15 is 0 Å². The van der Waals surface area contributed by atoms with E-state index in [2.05, 4.69) is 10.6 Å². The van der Waals surface area contributed by atoms with Crippen molar-refractivity contribution in [2.45, 2.75) is 25.7 Å². The van der Waals surface area contributed by atoms with Gasteiger partial charge < -0.3 is 29.6 Å². The average molecular weight is 617 g/mol. The van der Waals surface area contributed by atoms with Crippen LogP contribution in [0.4, 0.5) is 11.4 Å². The first-order valence-corrected chi connectivity index (χ1v) is 14.9. The number of anilines is 2. The third kappa shape index (κ3) is 8.04. The average Bonchev–Trinajstić information content (AvgIpc) is 3.11. The summed E-state index contributed by atoms with van der Waals surface area (Å²) in [5.74, 6) is 0.892. The summed E-state index contributed by atoms with van der Waals surface area (Å²) in [7, 11) is 3.13. The summed E-state index contributed by atoms with van der Waals surface area (Å²) in [6.07, 6.45) is -0.730. The standard InChI is InChI=1S/C38H36N2O6/c1-26(36(46-38(42)29-17-11-6-12-18-29)30-19-22-33(43-2)35(23-30)44-3)39-32-21-20-31(40-37(41)28-15-9-5-10-16-28)24-34(32)45-25-27-13-7-4-8-14-27/h4-24,26,36,39H,25H2,1-3H3,(H,40,41)/t26-,36+/m1/s1. The Morgan fingerprint density at radius 2 is 1.30 bits per heavy atom. The van der Waals surface area contributed by atoms with Crippen molar-refractivity contribution in [3.05, 3.63) is 150 Å². The van der Waals surface area contributed by atoms with Crippen molar-refractivity contribution >= 4 is 23.3 Å². The number of carbonyl (C=O) groups excluding carboxylic acids is 2. The van der Waals surface area contributed by atoms with E-state index in [0.29, 0.717) is 51.9 Å². The number of rotatable bonds is 13. The lowest BCUT2D eigenvalue weighted by molar-refractivity contribution is 0.0261. The number of ether oxygens (including phenoxy) is 4. The van der Waals surface area contributed by atoms with Gasteiger partial charge in [0.25, 0.3) is 5.91 Å². The molecule has 8 nitrogen and oxygen atoms in total. The van der Waals surface area contributed by atoms with Crippen LogP contribution in [-0.4, -0.2) is 32.1 Å². The molecule has 0 aliphatic heterocycles. The van der Waals surface area contributed by atoms with Gasteiger partial charge in [-0.2, -0.15) is 0 Å². The second-order valence-electron chi connectivity index (χ2n) is 10.5. The number of amides is 1. The summed E-state index contributed by atoms with van der Waals surface area (Å²) >= 11 is 0. The maximum Gasteiger partial charge on any atom is 0.338 e. The molecular weight excluding hydrogens is 580 g/mol. The van der Waals surface area contributed by atoms with E-state index in [1.165, 1.54) is 0 Å². The Hall–Kier alpha value is -5.76. The topological polar surface area (TPSA) is 95.1 Å². The van der Waals surface area contributed by atoms with E-state index < -0.39 is 18.1 Å². The van der Waals surface area contributed by atoms with Gasteiger partial charge in [0.15, 0.2) is 11.5 Å². The molecule has 5 aromatic rings. The highest BCUT2D eigenvalue weighted by Gasteiger charge is 2.27. The molecule has 2 N–H and O–H groups in total. The van der Waals surface area contributed by atoms with Crippen LogP contribution in [0.2, 0.25) is 0 Å². The molecule has 0 saturated carbocycles. The largest absolute Gasteiger partial charge is 0.493 e. The lowest BCUT2D eigenvalue weighted by Gasteiger charge is -2.28. The smallest absolute Gasteiger partial charge is 0.338 e. The van der Waals surface area contributed by atoms with Crippen LogP contribution in [-0.2, 0) is 11.3 Å². The first kappa shape index (κ1) is 31.7. The van der Waals surface area contributed by atoms with Gasteiger partial charge in [-0.3, -0.25) is 4.79 Å². The minimum Gasteiger partial charge on any atom is -0.493 e. The Bertz CT molecular complexity index is 1750. The molecule has 0 heterocycles. The Morgan fingerprint density at radius 3 is 1.96 bits per heavy atom. The fourth-order valence-corrected chi connectivity index (χ4v) is 4.93. The van der Waals surface area contributed by atoms with Crippen LogP contribution in [0.15, 0.2) is 127 Å². The first-order valence-electron chi connectivity index (χ1n) is 14.9. The molecular formula is C38H36N2O6. The van der Waals surface area contributed by atoms with Gasteiger partial charge in [0.1, 0.15) is 18.5 Å². The van der Waals surface area contributed by atoms with E-state index in [1.54, 1.807) is 74.9 Å². The molecule has 5 rings (SSSR count). The summed E-state index contributed by atoms with van der Waals surface area (Å²) < 4.78 is 23.4. The third-order valence-electron chi connectivity index (χ3n) is 7.33. The summed E-state index contributed by atoms with van der Waals surface area (Å²) in [6.45, 7) is 2.23. The third-order valence-corrected chi connectivity index (χ3v) is 7.33. The fraction of sp³-hybridized carbons (Fsp3) is 0.158. The van der Waals surface area contributed by atoms with Crippen LogP contribution in [0, 0.1) is 0 Å². The Morgan fingerprint density at radius 1 is 0.674 bits per heavy atom. The van der Waals surface area contributed by atoms with Gasteiger partial charge in [-0.05, 0) is 66.6 Å². The van der Waals surface area contributed by atoms with Crippen molar-refractivity contribution in [1.29, 1.82) is 0 Å². The van der Waals surface area contributed by atoms with E-state index in [0.717, 1.165) is 5.56 Å². The second-order valence-corrected chi connectivity index (χ2v) is 10.5. The van der Waals surface area contributed by atoms with Gasteiger partial charge in [0, 0.05) is 17.3 Å². The molecule has 0 aromatic heterocycles. The monoisotopic (exact) mass is 616 g/mol. The SMILES string of the molecule is COc1ccc([C@@H](OC(=O)c2ccccc2)[C@@H](C)Nc2ccc(NC(=O)c3ccccc3)cc2OCc2ccccc2)cc1OC. The number of hydrogen-bond acceptors (Lipinski definition) is 7. The molecule has 0 bridgehead atoms. The number of hydrogen-bond donors (Lipinski definition) is 2. The number of esters is 1. The molecule has 0 saturated heterocycles. The highest BCUT2D eigenvalue weighted by molar-refractivity contribution is 6.04. The molecule has 0 aliphatic carbocycles. The predicted molar refractivity (Wildman–Crippen MR) is 179 cm³/mol. The zero-order valence-electron chi connectivity index (χ0n) is 25.9. The number of carbonyl (C=O) groups is 2. The number of benzene rings is 5. The lowest BCUT2D eigenvalue weighted by atomic mass is 10.0. The lowest BCUT2D eigenvalue weighted by Crippen LogP contribution is -2.29. The summed E-state index contributed by atoms with van der Waals surface area (Å²) in [6, 6.07) is 38.1. The van der Waals surface area contributed by atoms with Crippen LogP contribution in [0.1, 0.15) is 44.9 Å². The van der Waals surface area contributed by atoms with E-state index in [4.69, 9.17) is 18.9 Å². The van der Waals surface area contributed by atoms with Crippen molar-refractivity contribution in [3.63, 3.8) is 0 Å². The quantitative estimate of drug-likeness (QED) is 0.130. The molecule has 0 spiro atoms. The number of nitrogens with one attached hydrogen (secondary N) is 2. The van der Waals surface area contributed by atoms with Crippen LogP contribution < -0.4 is 24.8 Å². The minimum absolute atomic E-state index is 0.231. The maximum absolute atomic E-state index is 13.3. The summed E-state index contributed by atoms with van der Waals surface area (Å²) in [5.41, 5.74) is 3.90. The van der Waals surface area contributed by atoms with Crippen LogP contribution >= 0.6 is 0 Å². The van der Waals surface area contributed by atoms with E-state index in [1.807, 2.05) is 73.7 Å². The van der Waals surface area contributed by atoms with Crippen molar-refractivity contribution in [3.8, 4) is 17.2 Å². The molecule has 2 atom stereocenters. The molecule has 46 heavy (non-hydrogen) atoms. The molecule has 0 fully saturated rings. The summed E-state index contributed by atoms with van der Waals surface area (Å²) in [4.78, 5) is 26.2. The van der Waals surface area contributed by atoms with Crippen LogP contribution in [0.5, 0.6) is 17.2 Å². The highest BCUT2D eigenvalue weighted by atomic mass is 16.5. The predicted octanol–water partition coefficient (Wildman–Crippen LogP) is 7.93. The van der Waals surface area contributed by atoms with Gasteiger partial charge in [0.05, 0.1) is 31.5 Å². The van der Waals surface area contributed by atoms with Gasteiger partial charge in [-0.25, -0.2) is 4.79 Å². The zero-order valence-corrected chi connectivity index (χ0v) is 25.9. The number of methoxy groups -OCH3 is 2. The molecule has 234 valence electrons. The molecule has 8 heteroatoms. The van der Waals surface area contributed by atoms with Crippen molar-refractivity contribution in [2.24, 2.45) is 0 Å². The molecule has 0 unspecified atom stereocenters. The first-order chi connectivity index (χ1) is 22.4. The van der Waals surface area contributed by atoms with Crippen LogP contribution in [0.3, 0.4) is 0 Å². The van der Waals surface area contributed by atoms with Crippen LogP contribution in [0.25, 0.3) is 0 Å². The van der Waals surface area contributed by atoms with Crippen molar-refractivity contribution in [1.82, 2.24) is 0 Å². The fourth-order valence-electron chi connectivity index (χ4n) is 4.93. The Kier molecular flexibility index (Phi) is 10.5. The second kappa shape index (κ2) is 15.3. The Labute approximate surface area is 268 Å². The normalized spacial score (nSPS) is 11.9. The maximum atomic E-state index is 13.3. The van der Waals surface area contributed by atoms with E-state index in [9.17, 15) is 9.59 Å². The molecule has 0 radical (unpaired) electrons. The van der Waals surface area contributed by atoms with Gasteiger partial charge in [-0.15, -0.1) is 0 Å². The summed E-state index contributed by atoms with van der Waals surface area (Å²) in [5, 5.41) is 6.45. The van der Waals surface area contributed by atoms with Gasteiger partial charge >= 0.3 is 5.97 Å². The molecule has 1 amide bonds. The Balaban J connectivity index is 1.45. The van der Waals surface area contributed by atoms with Gasteiger partial charge in [-0.1, -0.05) is 72.8 Å². The van der Waals surface area contributed by atoms with Crippen molar-refractivity contribution < 1.29 is 28.5 Å². The molecule has 5 aromatic carbocycles.